The molecule has 1 saturated heterocycles. The van der Waals surface area contributed by atoms with Gasteiger partial charge in [0.05, 0.1) is 26.6 Å². The lowest BCUT2D eigenvalue weighted by Gasteiger charge is -2.22. The largest absolute Gasteiger partial charge is 0.507 e. The summed E-state index contributed by atoms with van der Waals surface area (Å²) in [5.41, 5.74) is 1.89. The van der Waals surface area contributed by atoms with E-state index in [1.165, 1.54) is 12.3 Å². The maximum absolute atomic E-state index is 12.9. The van der Waals surface area contributed by atoms with E-state index in [0.717, 1.165) is 25.9 Å². The van der Waals surface area contributed by atoms with Crippen LogP contribution in [0.5, 0.6) is 5.75 Å². The number of piperidine rings is 1. The van der Waals surface area contributed by atoms with Crippen LogP contribution in [0.4, 0.5) is 0 Å². The summed E-state index contributed by atoms with van der Waals surface area (Å²) in [6, 6.07) is 4.75. The standard InChI is InChI=1S/C19H20ClN3O3S/c20-16-1-2-17(24)18-15(10-23-19(16)18)13-7-14(9-22-8-13)27(25,26)11-12-3-5-21-6-4-12/h1-2,7-10,12,21,23-24H,3-6,11H2. The quantitative estimate of drug-likeness (QED) is 0.618. The molecule has 0 bridgehead atoms. The van der Waals surface area contributed by atoms with Crippen LogP contribution in [0.15, 0.2) is 41.7 Å². The second-order valence-electron chi connectivity index (χ2n) is 6.90. The first-order valence-electron chi connectivity index (χ1n) is 8.83. The van der Waals surface area contributed by atoms with Crippen LogP contribution in [-0.4, -0.2) is 42.3 Å². The van der Waals surface area contributed by atoms with E-state index in [2.05, 4.69) is 15.3 Å². The molecule has 0 saturated carbocycles. The van der Waals surface area contributed by atoms with Crippen molar-refractivity contribution in [2.75, 3.05) is 18.8 Å². The van der Waals surface area contributed by atoms with Crippen LogP contribution in [0.25, 0.3) is 22.0 Å². The molecule has 3 heterocycles. The number of nitrogens with zero attached hydrogens (tertiary/aromatic N) is 1. The Morgan fingerprint density at radius 1 is 1.22 bits per heavy atom. The molecule has 1 fully saturated rings. The van der Waals surface area contributed by atoms with Gasteiger partial charge >= 0.3 is 0 Å². The number of aromatic nitrogens is 2. The Labute approximate surface area is 162 Å². The predicted octanol–water partition coefficient (Wildman–Crippen LogP) is 3.36. The van der Waals surface area contributed by atoms with E-state index in [1.807, 2.05) is 0 Å². The fourth-order valence-corrected chi connectivity index (χ4v) is 5.50. The summed E-state index contributed by atoms with van der Waals surface area (Å²) in [7, 11) is -3.43. The number of phenols is 1. The highest BCUT2D eigenvalue weighted by atomic mass is 35.5. The van der Waals surface area contributed by atoms with Gasteiger partial charge in [-0.15, -0.1) is 0 Å². The van der Waals surface area contributed by atoms with Crippen LogP contribution in [0, 0.1) is 5.92 Å². The predicted molar refractivity (Wildman–Crippen MR) is 106 cm³/mol. The molecule has 0 aliphatic carbocycles. The average Bonchev–Trinajstić information content (AvgIpc) is 3.12. The van der Waals surface area contributed by atoms with E-state index in [4.69, 9.17) is 11.6 Å². The normalized spacial score (nSPS) is 16.0. The van der Waals surface area contributed by atoms with Crippen LogP contribution >= 0.6 is 11.6 Å². The second-order valence-corrected chi connectivity index (χ2v) is 9.34. The first-order chi connectivity index (χ1) is 13.0. The molecule has 3 N–H and O–H groups in total. The van der Waals surface area contributed by atoms with E-state index in [9.17, 15) is 13.5 Å². The Balaban J connectivity index is 1.72. The SMILES string of the molecule is O=S(=O)(CC1CCNCC1)c1cncc(-c2c[nH]c3c(Cl)ccc(O)c23)c1. The molecule has 0 radical (unpaired) electrons. The number of fused-ring (bicyclic) bond motifs is 1. The van der Waals surface area contributed by atoms with Crippen LogP contribution in [0.2, 0.25) is 5.02 Å². The highest BCUT2D eigenvalue weighted by Gasteiger charge is 2.24. The Bertz CT molecular complexity index is 1090. The van der Waals surface area contributed by atoms with Gasteiger partial charge in [-0.3, -0.25) is 4.98 Å². The number of pyridine rings is 1. The third-order valence-corrected chi connectivity index (χ3v) is 7.23. The number of hydrogen-bond donors (Lipinski definition) is 3. The lowest BCUT2D eigenvalue weighted by molar-refractivity contribution is 0.401. The summed E-state index contributed by atoms with van der Waals surface area (Å²) >= 11 is 6.18. The Morgan fingerprint density at radius 2 is 2.00 bits per heavy atom. The van der Waals surface area contributed by atoms with Crippen molar-refractivity contribution in [1.29, 1.82) is 0 Å². The summed E-state index contributed by atoms with van der Waals surface area (Å²) < 4.78 is 25.7. The number of aromatic amines is 1. The van der Waals surface area contributed by atoms with Gasteiger partial charge in [0, 0.05) is 29.7 Å². The molecule has 1 aliphatic rings. The number of H-pyrrole nitrogens is 1. The zero-order valence-corrected chi connectivity index (χ0v) is 16.1. The average molecular weight is 406 g/mol. The molecule has 142 valence electrons. The van der Waals surface area contributed by atoms with Crippen LogP contribution < -0.4 is 5.32 Å². The smallest absolute Gasteiger partial charge is 0.180 e. The summed E-state index contributed by atoms with van der Waals surface area (Å²) in [6.45, 7) is 1.71. The highest BCUT2D eigenvalue weighted by Crippen LogP contribution is 2.38. The van der Waals surface area contributed by atoms with Gasteiger partial charge in [-0.05, 0) is 50.0 Å². The summed E-state index contributed by atoms with van der Waals surface area (Å²) in [5.74, 6) is 0.370. The summed E-state index contributed by atoms with van der Waals surface area (Å²) in [5, 5.41) is 14.5. The number of hydrogen-bond acceptors (Lipinski definition) is 5. The number of halogens is 1. The van der Waals surface area contributed by atoms with Gasteiger partial charge in [0.25, 0.3) is 0 Å². The van der Waals surface area contributed by atoms with Crippen molar-refractivity contribution < 1.29 is 13.5 Å². The van der Waals surface area contributed by atoms with Gasteiger partial charge in [-0.1, -0.05) is 11.6 Å². The van der Waals surface area contributed by atoms with Crippen LogP contribution in [0.3, 0.4) is 0 Å². The Kier molecular flexibility index (Phi) is 4.84. The molecule has 1 aromatic carbocycles. The molecule has 0 atom stereocenters. The van der Waals surface area contributed by atoms with Crippen LogP contribution in [-0.2, 0) is 9.84 Å². The van der Waals surface area contributed by atoms with Crippen molar-refractivity contribution in [2.24, 2.45) is 5.92 Å². The van der Waals surface area contributed by atoms with E-state index in [-0.39, 0.29) is 22.3 Å². The zero-order valence-electron chi connectivity index (χ0n) is 14.6. The number of benzene rings is 1. The topological polar surface area (TPSA) is 95.1 Å². The highest BCUT2D eigenvalue weighted by molar-refractivity contribution is 7.91. The lowest BCUT2D eigenvalue weighted by atomic mass is 10.0. The summed E-state index contributed by atoms with van der Waals surface area (Å²) in [4.78, 5) is 7.39. The number of sulfone groups is 1. The number of nitrogens with one attached hydrogen (secondary N) is 2. The van der Waals surface area contributed by atoms with Crippen molar-refractivity contribution in [3.8, 4) is 16.9 Å². The number of rotatable bonds is 4. The number of phenolic OH excluding ortho intramolecular Hbond substituents is 1. The molecule has 27 heavy (non-hydrogen) atoms. The molecular weight excluding hydrogens is 386 g/mol. The van der Waals surface area contributed by atoms with Gasteiger partial charge in [-0.2, -0.15) is 0 Å². The minimum absolute atomic E-state index is 0.0774. The molecular formula is C19H20ClN3O3S. The van der Waals surface area contributed by atoms with Gasteiger partial charge < -0.3 is 15.4 Å². The third kappa shape index (κ3) is 3.54. The first kappa shape index (κ1) is 18.3. The van der Waals surface area contributed by atoms with Crippen LogP contribution in [0.1, 0.15) is 12.8 Å². The molecule has 1 aliphatic heterocycles. The van der Waals surface area contributed by atoms with E-state index >= 15 is 0 Å². The maximum atomic E-state index is 12.9. The Hall–Kier alpha value is -2.09. The van der Waals surface area contributed by atoms with Crippen molar-refractivity contribution in [3.63, 3.8) is 0 Å². The number of aromatic hydroxyl groups is 1. The van der Waals surface area contributed by atoms with Crippen molar-refractivity contribution in [2.45, 2.75) is 17.7 Å². The fraction of sp³-hybridized carbons (Fsp3) is 0.316. The third-order valence-electron chi connectivity index (χ3n) is 5.06. The van der Waals surface area contributed by atoms with Crippen molar-refractivity contribution >= 4 is 32.3 Å². The van der Waals surface area contributed by atoms with Gasteiger partial charge in [0.1, 0.15) is 5.75 Å². The minimum Gasteiger partial charge on any atom is -0.507 e. The molecule has 4 rings (SSSR count). The Morgan fingerprint density at radius 3 is 2.78 bits per heavy atom. The van der Waals surface area contributed by atoms with Gasteiger partial charge in [0.2, 0.25) is 0 Å². The molecule has 6 nitrogen and oxygen atoms in total. The lowest BCUT2D eigenvalue weighted by Crippen LogP contribution is -2.31. The van der Waals surface area contributed by atoms with E-state index in [1.54, 1.807) is 24.5 Å². The van der Waals surface area contributed by atoms with Gasteiger partial charge in [0.15, 0.2) is 9.84 Å². The summed E-state index contributed by atoms with van der Waals surface area (Å²) in [6.07, 6.45) is 6.41. The molecule has 0 amide bonds. The minimum atomic E-state index is -3.43. The molecule has 8 heteroatoms. The van der Waals surface area contributed by atoms with E-state index < -0.39 is 9.84 Å². The monoisotopic (exact) mass is 405 g/mol. The van der Waals surface area contributed by atoms with Crippen molar-refractivity contribution in [3.05, 3.63) is 41.8 Å². The maximum Gasteiger partial charge on any atom is 0.180 e. The second kappa shape index (κ2) is 7.14. The fourth-order valence-electron chi connectivity index (χ4n) is 3.62. The zero-order chi connectivity index (χ0) is 19.0. The van der Waals surface area contributed by atoms with E-state index in [0.29, 0.717) is 27.1 Å². The van der Waals surface area contributed by atoms with Gasteiger partial charge in [-0.25, -0.2) is 8.42 Å². The van der Waals surface area contributed by atoms with Crippen molar-refractivity contribution in [1.82, 2.24) is 15.3 Å². The molecule has 3 aromatic rings. The molecule has 2 aromatic heterocycles. The molecule has 0 unspecified atom stereocenters. The molecule has 0 spiro atoms. The first-order valence-corrected chi connectivity index (χ1v) is 10.9.